The first-order valence-corrected chi connectivity index (χ1v) is 10.8. The van der Waals surface area contributed by atoms with Crippen molar-refractivity contribution in [3.05, 3.63) is 0 Å². The van der Waals surface area contributed by atoms with Crippen LogP contribution in [0, 0.1) is 0 Å². The van der Waals surface area contributed by atoms with Crippen molar-refractivity contribution in [3.8, 4) is 0 Å². The monoisotopic (exact) mass is 395 g/mol. The van der Waals surface area contributed by atoms with Crippen LogP contribution in [0.2, 0.25) is 0 Å². The molecule has 1 unspecified atom stereocenters. The van der Waals surface area contributed by atoms with Crippen molar-refractivity contribution in [1.82, 2.24) is 25.1 Å². The average Bonchev–Trinajstić information content (AvgIpc) is 2.68. The van der Waals surface area contributed by atoms with Crippen molar-refractivity contribution in [3.63, 3.8) is 0 Å². The second-order valence-electron chi connectivity index (χ2n) is 9.19. The Kier molecular flexibility index (Phi) is 7.17. The normalized spacial score (nSPS) is 26.8. The van der Waals surface area contributed by atoms with E-state index in [0.29, 0.717) is 6.04 Å². The average molecular weight is 396 g/mol. The molecule has 0 saturated carbocycles. The Labute approximate surface area is 169 Å². The highest BCUT2D eigenvalue weighted by Gasteiger charge is 2.36. The first-order valence-electron chi connectivity index (χ1n) is 10.8. The number of nitrogens with zero attached hydrogens (tertiary/aromatic N) is 4. The van der Waals surface area contributed by atoms with Gasteiger partial charge in [-0.2, -0.15) is 0 Å². The molecule has 0 aromatic carbocycles. The van der Waals surface area contributed by atoms with Gasteiger partial charge in [0.15, 0.2) is 0 Å². The Hall–Kier alpha value is -1.38. The third-order valence-electron chi connectivity index (χ3n) is 6.09. The van der Waals surface area contributed by atoms with Crippen molar-refractivity contribution < 1.29 is 14.3 Å². The van der Waals surface area contributed by atoms with Crippen LogP contribution in [-0.2, 0) is 9.53 Å². The lowest BCUT2D eigenvalue weighted by atomic mass is 10.0. The van der Waals surface area contributed by atoms with Crippen LogP contribution in [0.25, 0.3) is 0 Å². The zero-order valence-corrected chi connectivity index (χ0v) is 17.7. The zero-order valence-electron chi connectivity index (χ0n) is 17.7. The summed E-state index contributed by atoms with van der Waals surface area (Å²) in [5.41, 5.74) is 2.31. The van der Waals surface area contributed by atoms with Crippen molar-refractivity contribution in [1.29, 1.82) is 0 Å². The van der Waals surface area contributed by atoms with E-state index >= 15 is 0 Å². The third-order valence-corrected chi connectivity index (χ3v) is 6.09. The van der Waals surface area contributed by atoms with Crippen molar-refractivity contribution >= 4 is 12.5 Å². The molecule has 0 aromatic heterocycles. The molecule has 0 bridgehead atoms. The number of hydrogen-bond acceptors (Lipinski definition) is 6. The fourth-order valence-electron chi connectivity index (χ4n) is 4.66. The number of hydrazine groups is 1. The van der Waals surface area contributed by atoms with E-state index in [4.69, 9.17) is 4.74 Å². The van der Waals surface area contributed by atoms with Crippen molar-refractivity contribution in [2.75, 3.05) is 45.8 Å². The number of carbonyl (C=O) groups excluding carboxylic acids is 2. The van der Waals surface area contributed by atoms with Gasteiger partial charge in [-0.3, -0.25) is 24.9 Å². The summed E-state index contributed by atoms with van der Waals surface area (Å²) in [7, 11) is 0. The van der Waals surface area contributed by atoms with Gasteiger partial charge in [-0.05, 0) is 52.9 Å². The maximum atomic E-state index is 12.7. The van der Waals surface area contributed by atoms with Gasteiger partial charge >= 0.3 is 6.09 Å². The SMILES string of the molecule is CC(C)(C)OC(=O)N1CCCCC1N1CCN(C2CCN(NC=O)CC2)CC1. The highest BCUT2D eigenvalue weighted by Crippen LogP contribution is 2.25. The molecule has 0 aliphatic carbocycles. The fraction of sp³-hybridized carbons (Fsp3) is 0.900. The summed E-state index contributed by atoms with van der Waals surface area (Å²) in [6.45, 7) is 12.5. The molecular formula is C20H37N5O3. The first kappa shape index (κ1) is 21.3. The van der Waals surface area contributed by atoms with Crippen LogP contribution in [-0.4, -0.2) is 95.8 Å². The molecule has 0 radical (unpaired) electrons. The molecule has 0 aromatic rings. The van der Waals surface area contributed by atoms with Gasteiger partial charge in [0.05, 0.1) is 6.17 Å². The van der Waals surface area contributed by atoms with Crippen LogP contribution in [0.3, 0.4) is 0 Å². The minimum absolute atomic E-state index is 0.171. The second-order valence-corrected chi connectivity index (χ2v) is 9.19. The first-order chi connectivity index (χ1) is 13.4. The fourth-order valence-corrected chi connectivity index (χ4v) is 4.66. The van der Waals surface area contributed by atoms with Gasteiger partial charge in [0.1, 0.15) is 5.60 Å². The van der Waals surface area contributed by atoms with Crippen molar-refractivity contribution in [2.24, 2.45) is 0 Å². The van der Waals surface area contributed by atoms with E-state index in [9.17, 15) is 9.59 Å². The van der Waals surface area contributed by atoms with Crippen LogP contribution >= 0.6 is 0 Å². The standard InChI is InChI=1S/C20H37N5O3/c1-20(2,3)28-19(27)25-9-5-4-6-18(25)23-14-12-22(13-15-23)17-7-10-24(11-8-17)21-16-26/h16-18H,4-15H2,1-3H3,(H,21,26). The van der Waals surface area contributed by atoms with Gasteiger partial charge in [0, 0.05) is 51.9 Å². The van der Waals surface area contributed by atoms with E-state index in [1.165, 1.54) is 6.42 Å². The summed E-state index contributed by atoms with van der Waals surface area (Å²) >= 11 is 0. The van der Waals surface area contributed by atoms with E-state index in [-0.39, 0.29) is 12.3 Å². The molecule has 0 spiro atoms. The largest absolute Gasteiger partial charge is 0.444 e. The Morgan fingerprint density at radius 3 is 2.18 bits per heavy atom. The smallest absolute Gasteiger partial charge is 0.411 e. The van der Waals surface area contributed by atoms with E-state index in [1.54, 1.807) is 0 Å². The maximum Gasteiger partial charge on any atom is 0.411 e. The van der Waals surface area contributed by atoms with Crippen LogP contribution in [0.5, 0.6) is 0 Å². The van der Waals surface area contributed by atoms with E-state index in [2.05, 4.69) is 15.2 Å². The summed E-state index contributed by atoms with van der Waals surface area (Å²) in [5.74, 6) is 0. The molecule has 8 nitrogen and oxygen atoms in total. The number of piperazine rings is 1. The van der Waals surface area contributed by atoms with Crippen molar-refractivity contribution in [2.45, 2.75) is 70.7 Å². The summed E-state index contributed by atoms with van der Waals surface area (Å²) < 4.78 is 5.66. The summed E-state index contributed by atoms with van der Waals surface area (Å²) in [6.07, 6.45) is 6.21. The number of hydrogen-bond donors (Lipinski definition) is 1. The third kappa shape index (κ3) is 5.58. The molecule has 3 rings (SSSR count). The molecule has 28 heavy (non-hydrogen) atoms. The Morgan fingerprint density at radius 1 is 0.929 bits per heavy atom. The van der Waals surface area contributed by atoms with Crippen LogP contribution in [0.1, 0.15) is 52.9 Å². The number of amides is 2. The molecular weight excluding hydrogens is 358 g/mol. The van der Waals surface area contributed by atoms with Gasteiger partial charge < -0.3 is 4.74 Å². The summed E-state index contributed by atoms with van der Waals surface area (Å²) in [5, 5.41) is 2.00. The Balaban J connectivity index is 1.50. The lowest BCUT2D eigenvalue weighted by molar-refractivity contribution is -0.114. The number of rotatable bonds is 4. The maximum absolute atomic E-state index is 12.7. The number of ether oxygens (including phenoxy) is 1. The lowest BCUT2D eigenvalue weighted by Gasteiger charge is -2.48. The molecule has 1 N–H and O–H groups in total. The van der Waals surface area contributed by atoms with Crippen LogP contribution < -0.4 is 5.43 Å². The quantitative estimate of drug-likeness (QED) is 0.727. The summed E-state index contributed by atoms with van der Waals surface area (Å²) in [6, 6.07) is 0.597. The number of piperidine rings is 2. The summed E-state index contributed by atoms with van der Waals surface area (Å²) in [4.78, 5) is 30.3. The molecule has 3 aliphatic heterocycles. The topological polar surface area (TPSA) is 68.4 Å². The van der Waals surface area contributed by atoms with Gasteiger partial charge in [0.25, 0.3) is 0 Å². The van der Waals surface area contributed by atoms with E-state index in [1.807, 2.05) is 30.7 Å². The highest BCUT2D eigenvalue weighted by molar-refractivity contribution is 5.68. The molecule has 3 saturated heterocycles. The Bertz CT molecular complexity index is 522. The zero-order chi connectivity index (χ0) is 20.1. The van der Waals surface area contributed by atoms with Crippen LogP contribution in [0.15, 0.2) is 0 Å². The van der Waals surface area contributed by atoms with Gasteiger partial charge in [-0.15, -0.1) is 0 Å². The molecule has 1 atom stereocenters. The molecule has 160 valence electrons. The molecule has 3 heterocycles. The van der Waals surface area contributed by atoms with E-state index < -0.39 is 5.60 Å². The minimum Gasteiger partial charge on any atom is -0.444 e. The number of carbonyl (C=O) groups is 2. The predicted molar refractivity (Wildman–Crippen MR) is 108 cm³/mol. The van der Waals surface area contributed by atoms with Crippen LogP contribution in [0.4, 0.5) is 4.79 Å². The van der Waals surface area contributed by atoms with Gasteiger partial charge in [-0.1, -0.05) is 0 Å². The second kappa shape index (κ2) is 9.41. The highest BCUT2D eigenvalue weighted by atomic mass is 16.6. The van der Waals surface area contributed by atoms with E-state index in [0.717, 1.165) is 77.9 Å². The Morgan fingerprint density at radius 2 is 1.57 bits per heavy atom. The predicted octanol–water partition coefficient (Wildman–Crippen LogP) is 1.48. The number of likely N-dealkylation sites (tertiary alicyclic amines) is 1. The number of nitrogens with one attached hydrogen (secondary N) is 1. The molecule has 3 fully saturated rings. The lowest BCUT2D eigenvalue weighted by Crippen LogP contribution is -2.61. The molecule has 8 heteroatoms. The molecule has 2 amide bonds. The van der Waals surface area contributed by atoms with Gasteiger partial charge in [-0.25, -0.2) is 9.80 Å². The minimum atomic E-state index is -0.453. The molecule has 3 aliphatic rings. The van der Waals surface area contributed by atoms with Gasteiger partial charge in [0.2, 0.25) is 6.41 Å².